The van der Waals surface area contributed by atoms with Gasteiger partial charge in [0.1, 0.15) is 0 Å². The molecule has 4 aromatic rings. The van der Waals surface area contributed by atoms with Crippen LogP contribution in [0.1, 0.15) is 0 Å². The molecule has 0 nitrogen and oxygen atoms in total. The van der Waals surface area contributed by atoms with Crippen molar-refractivity contribution in [3.05, 3.63) is 121 Å². The van der Waals surface area contributed by atoms with Gasteiger partial charge in [-0.2, -0.15) is 0 Å². The van der Waals surface area contributed by atoms with E-state index in [1.165, 1.54) is 21.2 Å². The summed E-state index contributed by atoms with van der Waals surface area (Å²) >= 11 is 0. The molecule has 0 bridgehead atoms. The molecule has 0 aliphatic carbocycles. The van der Waals surface area contributed by atoms with Gasteiger partial charge in [0.15, 0.2) is 0 Å². The van der Waals surface area contributed by atoms with Crippen molar-refractivity contribution in [2.24, 2.45) is 0 Å². The first-order valence-corrected chi connectivity index (χ1v) is 13.0. The third-order valence-corrected chi connectivity index (χ3v) is 12.5. The number of benzene rings is 4. The minimum Gasteiger partial charge on any atom is -0.216 e. The van der Waals surface area contributed by atoms with Crippen LogP contribution in [0.2, 0.25) is 0 Å². The lowest BCUT2D eigenvalue weighted by molar-refractivity contribution is 1.76. The van der Waals surface area contributed by atoms with E-state index in [0.29, 0.717) is 0 Å². The molecule has 0 heterocycles. The molecule has 0 unspecified atom stereocenters. The fourth-order valence-electron chi connectivity index (χ4n) is 3.57. The predicted octanol–water partition coefficient (Wildman–Crippen LogP) is 4.25. The molecule has 4 rings (SSSR count). The fraction of sp³-hybridized carbons (Fsp3) is 0. The Morgan fingerprint density at radius 1 is 0.333 bits per heavy atom. The minimum absolute atomic E-state index is 0.264. The molecule has 0 atom stereocenters. The van der Waals surface area contributed by atoms with E-state index in [0.717, 1.165) is 0 Å². The Morgan fingerprint density at radius 3 is 0.778 bits per heavy atom. The van der Waals surface area contributed by atoms with E-state index in [2.05, 4.69) is 121 Å². The van der Waals surface area contributed by atoms with Gasteiger partial charge in [-0.25, -0.2) is 15.6 Å². The van der Waals surface area contributed by atoms with E-state index in [1.807, 2.05) is 0 Å². The Balaban J connectivity index is 1.77. The van der Waals surface area contributed by atoms with Crippen molar-refractivity contribution < 1.29 is 0 Å². The van der Waals surface area contributed by atoms with E-state index in [-0.39, 0.29) is 22.3 Å². The first-order valence-electron chi connectivity index (χ1n) is 9.43. The second kappa shape index (κ2) is 9.14. The zero-order valence-corrected chi connectivity index (χ0v) is 17.2. The molecule has 0 aliphatic heterocycles. The third kappa shape index (κ3) is 4.56. The van der Waals surface area contributed by atoms with Gasteiger partial charge in [0.25, 0.3) is 0 Å². The molecule has 0 radical (unpaired) electrons. The van der Waals surface area contributed by atoms with E-state index < -0.39 is 0 Å². The normalized spacial score (nSPS) is 11.0. The smallest absolute Gasteiger partial charge is 0.0427 e. The summed E-state index contributed by atoms with van der Waals surface area (Å²) in [4.78, 5) is 0. The Bertz CT molecular complexity index is 785. The standard InChI is InChI=1S/C24H22BP2/c1-5-13-21(14-6-1)26(22-15-7-2-8-16-22)25-27(23-17-9-3-10-18-23)24-19-11-4-12-20-24/h1-20H,25H2/q-1. The van der Waals surface area contributed by atoms with Gasteiger partial charge >= 0.3 is 0 Å². The molecule has 0 spiro atoms. The van der Waals surface area contributed by atoms with Crippen LogP contribution in [0.4, 0.5) is 0 Å². The van der Waals surface area contributed by atoms with Crippen LogP contribution < -0.4 is 21.2 Å². The van der Waals surface area contributed by atoms with Crippen LogP contribution in [-0.4, -0.2) is 6.72 Å². The molecule has 0 amide bonds. The first kappa shape index (κ1) is 18.2. The van der Waals surface area contributed by atoms with Crippen molar-refractivity contribution >= 4 is 43.5 Å². The van der Waals surface area contributed by atoms with Crippen molar-refractivity contribution in [1.82, 2.24) is 0 Å². The van der Waals surface area contributed by atoms with Crippen LogP contribution in [-0.2, 0) is 0 Å². The fourth-order valence-corrected chi connectivity index (χ4v) is 11.9. The molecule has 0 fully saturated rings. The highest BCUT2D eigenvalue weighted by molar-refractivity contribution is 8.24. The molecule has 27 heavy (non-hydrogen) atoms. The van der Waals surface area contributed by atoms with E-state index in [4.69, 9.17) is 0 Å². The van der Waals surface area contributed by atoms with E-state index in [1.54, 1.807) is 0 Å². The second-order valence-corrected chi connectivity index (χ2v) is 12.6. The maximum atomic E-state index is 2.33. The van der Waals surface area contributed by atoms with Gasteiger partial charge in [-0.15, -0.1) is 0 Å². The molecular formula is C24H22BP2-. The van der Waals surface area contributed by atoms with Crippen LogP contribution >= 0.6 is 15.6 Å². The van der Waals surface area contributed by atoms with Gasteiger partial charge in [0.05, 0.1) is 0 Å². The van der Waals surface area contributed by atoms with Gasteiger partial charge in [0, 0.05) is 6.72 Å². The maximum Gasteiger partial charge on any atom is 0.0427 e. The lowest BCUT2D eigenvalue weighted by atomic mass is 10.4. The van der Waals surface area contributed by atoms with E-state index >= 15 is 0 Å². The largest absolute Gasteiger partial charge is 0.216 e. The van der Waals surface area contributed by atoms with Gasteiger partial charge in [0.2, 0.25) is 0 Å². The monoisotopic (exact) mass is 383 g/mol. The summed E-state index contributed by atoms with van der Waals surface area (Å²) < 4.78 is 0. The van der Waals surface area contributed by atoms with Gasteiger partial charge < -0.3 is 0 Å². The van der Waals surface area contributed by atoms with Crippen LogP contribution in [0.15, 0.2) is 121 Å². The molecule has 0 saturated carbocycles. The summed E-state index contributed by atoms with van der Waals surface area (Å²) in [5.41, 5.74) is 0. The molecule has 0 aromatic heterocycles. The van der Waals surface area contributed by atoms with Crippen LogP contribution in [0, 0.1) is 0 Å². The Kier molecular flexibility index (Phi) is 6.15. The number of hydrogen-bond acceptors (Lipinski definition) is 0. The summed E-state index contributed by atoms with van der Waals surface area (Å²) in [5, 5.41) is 6.05. The first-order chi connectivity index (χ1) is 13.4. The summed E-state index contributed by atoms with van der Waals surface area (Å²) in [7, 11) is -0.567. The molecule has 4 aromatic carbocycles. The average molecular weight is 383 g/mol. The molecule has 0 N–H and O–H groups in total. The summed E-state index contributed by atoms with van der Waals surface area (Å²) in [6.07, 6.45) is 0. The highest BCUT2D eigenvalue weighted by atomic mass is 31.2. The van der Waals surface area contributed by atoms with Crippen molar-refractivity contribution in [2.45, 2.75) is 0 Å². The highest BCUT2D eigenvalue weighted by Gasteiger charge is 2.15. The molecule has 0 aliphatic rings. The quantitative estimate of drug-likeness (QED) is 0.345. The van der Waals surface area contributed by atoms with Crippen molar-refractivity contribution in [3.8, 4) is 0 Å². The Hall–Kier alpha value is -2.20. The van der Waals surface area contributed by atoms with Crippen molar-refractivity contribution in [3.63, 3.8) is 0 Å². The number of rotatable bonds is 6. The lowest BCUT2D eigenvalue weighted by Gasteiger charge is -2.33. The highest BCUT2D eigenvalue weighted by Crippen LogP contribution is 2.45. The van der Waals surface area contributed by atoms with Crippen LogP contribution in [0.25, 0.3) is 0 Å². The van der Waals surface area contributed by atoms with Crippen LogP contribution in [0.5, 0.6) is 0 Å². The van der Waals surface area contributed by atoms with Crippen LogP contribution in [0.3, 0.4) is 0 Å². The van der Waals surface area contributed by atoms with E-state index in [9.17, 15) is 0 Å². The zero-order chi connectivity index (χ0) is 18.3. The SMILES string of the molecule is [BH2-](P(c1ccccc1)c1ccccc1)P(c1ccccc1)c1ccccc1. The minimum atomic E-state index is -0.284. The summed E-state index contributed by atoms with van der Waals surface area (Å²) in [5.74, 6) is 0. The lowest BCUT2D eigenvalue weighted by Crippen LogP contribution is -2.21. The Morgan fingerprint density at radius 2 is 0.556 bits per heavy atom. The van der Waals surface area contributed by atoms with Crippen molar-refractivity contribution in [2.75, 3.05) is 0 Å². The second-order valence-electron chi connectivity index (χ2n) is 6.66. The van der Waals surface area contributed by atoms with Gasteiger partial charge in [-0.1, -0.05) is 143 Å². The zero-order valence-electron chi connectivity index (χ0n) is 15.4. The predicted molar refractivity (Wildman–Crippen MR) is 127 cm³/mol. The van der Waals surface area contributed by atoms with Crippen molar-refractivity contribution in [1.29, 1.82) is 0 Å². The molecule has 0 saturated heterocycles. The maximum absolute atomic E-state index is 2.33. The summed E-state index contributed by atoms with van der Waals surface area (Å²) in [6, 6.07) is 44.6. The van der Waals surface area contributed by atoms with Gasteiger partial charge in [-0.05, 0) is 0 Å². The molecule has 132 valence electrons. The molecular weight excluding hydrogens is 361 g/mol. The average Bonchev–Trinajstić information content (AvgIpc) is 2.77. The molecule has 3 heteroatoms. The topological polar surface area (TPSA) is 0 Å². The summed E-state index contributed by atoms with van der Waals surface area (Å²) in [6.45, 7) is -0.264. The van der Waals surface area contributed by atoms with Gasteiger partial charge in [-0.3, -0.25) is 0 Å². The number of hydrogen-bond donors (Lipinski definition) is 0. The Labute approximate surface area is 165 Å². The third-order valence-electron chi connectivity index (χ3n) is 4.97.